The Balaban J connectivity index is 1.56. The van der Waals surface area contributed by atoms with Gasteiger partial charge in [0.1, 0.15) is 23.7 Å². The highest BCUT2D eigenvalue weighted by Gasteiger charge is 2.67. The van der Waals surface area contributed by atoms with E-state index in [9.17, 15) is 39.0 Å². The summed E-state index contributed by atoms with van der Waals surface area (Å²) in [4.78, 5) is 77.6. The van der Waals surface area contributed by atoms with Crippen molar-refractivity contribution in [2.24, 2.45) is 0 Å². The Labute approximate surface area is 226 Å². The van der Waals surface area contributed by atoms with Crippen LogP contribution in [0.3, 0.4) is 0 Å². The molecule has 4 heterocycles. The Morgan fingerprint density at radius 1 is 1.31 bits per heavy atom. The number of hydrogen-bond donors (Lipinski definition) is 6. The summed E-state index contributed by atoms with van der Waals surface area (Å²) < 4.78 is 11.0. The van der Waals surface area contributed by atoms with E-state index in [-0.39, 0.29) is 23.6 Å². The maximum atomic E-state index is 13.4. The monoisotopic (exact) mass is 582 g/mol. The number of carbonyl (C=O) groups is 5. The number of nitrogens with one attached hydrogen (secondary N) is 4. The average Bonchev–Trinajstić information content (AvgIpc) is 3.52. The minimum Gasteiger partial charge on any atom is -0.493 e. The van der Waals surface area contributed by atoms with Crippen LogP contribution in [0.25, 0.3) is 0 Å². The number of rotatable bonds is 9. The first kappa shape index (κ1) is 27.7. The SMILES string of the molecule is CO[C@@]1(NC(=O)C(NC(=O)Nn2cc(O)[nH]c2=O)c2cccs2)C(=O)N2C(C(=O)O)=C(COC(C)=O)CSC21. The number of carboxylic acid groups (broad SMARTS) is 1. The number of urea groups is 1. The van der Waals surface area contributed by atoms with Gasteiger partial charge in [-0.15, -0.1) is 23.1 Å². The minimum atomic E-state index is -1.97. The van der Waals surface area contributed by atoms with Gasteiger partial charge in [0.05, 0.1) is 6.20 Å². The Kier molecular flexibility index (Phi) is 7.70. The number of fused-ring (bicyclic) bond motifs is 1. The van der Waals surface area contributed by atoms with Gasteiger partial charge in [0.25, 0.3) is 17.5 Å². The van der Waals surface area contributed by atoms with E-state index in [0.29, 0.717) is 9.55 Å². The fourth-order valence-corrected chi connectivity index (χ4v) is 6.15. The molecular formula is C21H22N6O10S2. The van der Waals surface area contributed by atoms with Gasteiger partial charge in [-0.2, -0.15) is 0 Å². The summed E-state index contributed by atoms with van der Waals surface area (Å²) in [6.07, 6.45) is 0.910. The van der Waals surface area contributed by atoms with Crippen LogP contribution in [-0.2, 0) is 28.7 Å². The lowest BCUT2D eigenvalue weighted by molar-refractivity contribution is -0.193. The minimum absolute atomic E-state index is 0.0671. The topological polar surface area (TPSA) is 221 Å². The van der Waals surface area contributed by atoms with Crippen LogP contribution in [0.4, 0.5) is 4.79 Å². The maximum absolute atomic E-state index is 13.4. The number of methoxy groups -OCH3 is 1. The molecule has 1 fully saturated rings. The van der Waals surface area contributed by atoms with Crippen LogP contribution >= 0.6 is 23.1 Å². The number of amides is 4. The zero-order valence-electron chi connectivity index (χ0n) is 20.2. The molecule has 16 nitrogen and oxygen atoms in total. The molecular weight excluding hydrogens is 560 g/mol. The predicted molar refractivity (Wildman–Crippen MR) is 134 cm³/mol. The molecule has 2 aliphatic heterocycles. The number of carboxylic acids is 1. The predicted octanol–water partition coefficient (Wildman–Crippen LogP) is -0.786. The molecule has 0 aliphatic carbocycles. The van der Waals surface area contributed by atoms with Crippen LogP contribution in [0.5, 0.6) is 5.88 Å². The van der Waals surface area contributed by atoms with E-state index < -0.39 is 58.5 Å². The van der Waals surface area contributed by atoms with Crippen molar-refractivity contribution in [3.05, 3.63) is 50.3 Å². The third kappa shape index (κ3) is 5.20. The molecule has 2 unspecified atom stereocenters. The van der Waals surface area contributed by atoms with Gasteiger partial charge in [-0.25, -0.2) is 24.5 Å². The highest BCUT2D eigenvalue weighted by atomic mass is 32.2. The van der Waals surface area contributed by atoms with Gasteiger partial charge in [-0.1, -0.05) is 6.07 Å². The molecule has 0 spiro atoms. The molecule has 3 atom stereocenters. The van der Waals surface area contributed by atoms with Crippen molar-refractivity contribution >= 4 is 52.9 Å². The third-order valence-corrected chi connectivity index (χ3v) is 8.00. The van der Waals surface area contributed by atoms with Gasteiger partial charge in [0.2, 0.25) is 5.88 Å². The molecule has 0 bridgehead atoms. The van der Waals surface area contributed by atoms with E-state index in [1.54, 1.807) is 17.5 Å². The van der Waals surface area contributed by atoms with Crippen molar-refractivity contribution in [3.63, 3.8) is 0 Å². The van der Waals surface area contributed by atoms with Gasteiger partial charge in [-0.05, 0) is 11.4 Å². The summed E-state index contributed by atoms with van der Waals surface area (Å²) in [5, 5.41) is 24.7. The molecule has 4 amide bonds. The van der Waals surface area contributed by atoms with E-state index in [1.165, 1.54) is 14.0 Å². The largest absolute Gasteiger partial charge is 0.493 e. The lowest BCUT2D eigenvalue weighted by Gasteiger charge is -2.55. The number of thioether (sulfide) groups is 1. The van der Waals surface area contributed by atoms with E-state index >= 15 is 0 Å². The number of aliphatic carboxylic acids is 1. The van der Waals surface area contributed by atoms with Crippen LogP contribution in [0.1, 0.15) is 17.8 Å². The fourth-order valence-electron chi connectivity index (χ4n) is 3.96. The zero-order valence-corrected chi connectivity index (χ0v) is 21.9. The van der Waals surface area contributed by atoms with Crippen molar-refractivity contribution in [3.8, 4) is 5.88 Å². The van der Waals surface area contributed by atoms with Crippen LogP contribution in [0, 0.1) is 0 Å². The second-order valence-electron chi connectivity index (χ2n) is 8.15. The van der Waals surface area contributed by atoms with Crippen molar-refractivity contribution in [2.45, 2.75) is 24.1 Å². The molecule has 0 aromatic carbocycles. The molecule has 208 valence electrons. The number of thiophene rings is 1. The molecule has 2 aliphatic rings. The molecule has 1 saturated heterocycles. The number of aromatic amines is 1. The zero-order chi connectivity index (χ0) is 28.5. The molecule has 6 N–H and O–H groups in total. The number of hydrogen-bond acceptors (Lipinski definition) is 11. The first-order valence-corrected chi connectivity index (χ1v) is 12.9. The second kappa shape index (κ2) is 10.8. The lowest BCUT2D eigenvalue weighted by Crippen LogP contribution is -2.81. The summed E-state index contributed by atoms with van der Waals surface area (Å²) in [6, 6.07) is 0.836. The van der Waals surface area contributed by atoms with E-state index in [4.69, 9.17) is 9.47 Å². The quantitative estimate of drug-likeness (QED) is 0.122. The summed E-state index contributed by atoms with van der Waals surface area (Å²) in [5.41, 5.74) is -0.838. The lowest BCUT2D eigenvalue weighted by atomic mass is 9.97. The number of carbonyl (C=O) groups excluding carboxylic acids is 4. The Morgan fingerprint density at radius 2 is 2.05 bits per heavy atom. The molecule has 4 rings (SSSR count). The fraction of sp³-hybridized carbons (Fsp3) is 0.333. The molecule has 39 heavy (non-hydrogen) atoms. The van der Waals surface area contributed by atoms with Gasteiger partial charge in [0, 0.05) is 30.2 Å². The second-order valence-corrected chi connectivity index (χ2v) is 10.2. The number of aromatic nitrogens is 2. The standard InChI is InChI=1S/C21H22N6O10S2/c1-9(28)37-7-10-8-39-18-21(36-2,17(33)27(18)14(10)16(31)32)24-15(30)13(11-4-3-5-38-11)23-19(34)25-26-6-12(29)22-20(26)35/h3-6,13,18,29H,7-8H2,1-2H3,(H,22,35)(H,24,30)(H,31,32)(H2,23,25,34)/t13?,18?,21-/m0/s1. The number of imidazole rings is 1. The van der Waals surface area contributed by atoms with Gasteiger partial charge < -0.3 is 30.3 Å². The Morgan fingerprint density at radius 3 is 2.62 bits per heavy atom. The van der Waals surface area contributed by atoms with Crippen LogP contribution in [0.2, 0.25) is 0 Å². The summed E-state index contributed by atoms with van der Waals surface area (Å²) in [6.45, 7) is 0.840. The van der Waals surface area contributed by atoms with Gasteiger partial charge in [0.15, 0.2) is 0 Å². The normalized spacial score (nSPS) is 20.9. The van der Waals surface area contributed by atoms with Crippen molar-refractivity contribution in [1.82, 2.24) is 25.2 Å². The number of ether oxygens (including phenoxy) is 2. The number of H-pyrrole nitrogens is 1. The number of aromatic hydroxyl groups is 1. The summed E-state index contributed by atoms with van der Waals surface area (Å²) >= 11 is 2.21. The van der Waals surface area contributed by atoms with Crippen molar-refractivity contribution in [1.29, 1.82) is 0 Å². The highest BCUT2D eigenvalue weighted by Crippen LogP contribution is 2.46. The first-order valence-electron chi connectivity index (χ1n) is 11.0. The van der Waals surface area contributed by atoms with E-state index in [1.807, 2.05) is 4.98 Å². The van der Waals surface area contributed by atoms with Crippen LogP contribution in [-0.4, -0.2) is 85.1 Å². The Hall–Kier alpha value is -4.29. The summed E-state index contributed by atoms with van der Waals surface area (Å²) in [7, 11) is 1.17. The Bertz CT molecular complexity index is 1420. The third-order valence-electron chi connectivity index (χ3n) is 5.69. The molecule has 18 heteroatoms. The van der Waals surface area contributed by atoms with Crippen molar-refractivity contribution < 1.29 is 43.7 Å². The average molecular weight is 583 g/mol. The number of nitrogens with zero attached hydrogens (tertiary/aromatic N) is 2. The molecule has 2 aromatic heterocycles. The van der Waals surface area contributed by atoms with E-state index in [2.05, 4.69) is 16.1 Å². The maximum Gasteiger partial charge on any atom is 0.352 e. The first-order chi connectivity index (χ1) is 18.5. The van der Waals surface area contributed by atoms with Crippen LogP contribution < -0.4 is 21.7 Å². The number of esters is 1. The number of β-lactam (4-membered cyclic amide) rings is 1. The summed E-state index contributed by atoms with van der Waals surface area (Å²) in [5.74, 6) is -4.22. The molecule has 2 aromatic rings. The molecule has 0 radical (unpaired) electrons. The molecule has 0 saturated carbocycles. The van der Waals surface area contributed by atoms with Crippen LogP contribution in [0.15, 0.2) is 39.8 Å². The van der Waals surface area contributed by atoms with E-state index in [0.717, 1.165) is 34.2 Å². The highest BCUT2D eigenvalue weighted by molar-refractivity contribution is 8.00. The smallest absolute Gasteiger partial charge is 0.352 e. The van der Waals surface area contributed by atoms with Crippen molar-refractivity contribution in [2.75, 3.05) is 24.9 Å². The van der Waals surface area contributed by atoms with Gasteiger partial charge >= 0.3 is 23.7 Å². The van der Waals surface area contributed by atoms with Gasteiger partial charge in [-0.3, -0.25) is 24.3 Å².